The molecule has 3 heteroatoms. The zero-order valence-electron chi connectivity index (χ0n) is 12.9. The van der Waals surface area contributed by atoms with E-state index in [0.717, 1.165) is 24.8 Å². The van der Waals surface area contributed by atoms with E-state index in [1.54, 1.807) is 7.11 Å². The molecule has 1 aromatic rings. The highest BCUT2D eigenvalue weighted by atomic mass is 16.5. The Bertz CT molecular complexity index is 369. The smallest absolute Gasteiger partial charge is 0.118 e. The lowest BCUT2D eigenvalue weighted by atomic mass is 10.0. The number of nitrogens with one attached hydrogen (secondary N) is 1. The van der Waals surface area contributed by atoms with E-state index in [1.165, 1.54) is 44.5 Å². The number of benzene rings is 1. The van der Waals surface area contributed by atoms with Crippen LogP contribution in [0, 0.1) is 0 Å². The largest absolute Gasteiger partial charge is 0.497 e. The molecule has 1 aliphatic heterocycles. The monoisotopic (exact) mass is 276 g/mol. The number of methoxy groups -OCH3 is 1. The fraction of sp³-hybridized carbons (Fsp3) is 0.647. The molecule has 1 N–H and O–H groups in total. The number of hydrogen-bond acceptors (Lipinski definition) is 3. The van der Waals surface area contributed by atoms with Gasteiger partial charge in [0, 0.05) is 12.6 Å². The summed E-state index contributed by atoms with van der Waals surface area (Å²) in [4.78, 5) is 2.59. The average Bonchev–Trinajstić information content (AvgIpc) is 2.52. The summed E-state index contributed by atoms with van der Waals surface area (Å²) in [5.41, 5.74) is 1.40. The lowest BCUT2D eigenvalue weighted by Gasteiger charge is -2.32. The second kappa shape index (κ2) is 8.28. The van der Waals surface area contributed by atoms with Gasteiger partial charge in [0.25, 0.3) is 0 Å². The molecular weight excluding hydrogens is 248 g/mol. The molecule has 0 aliphatic carbocycles. The third-order valence-corrected chi connectivity index (χ3v) is 4.15. The third kappa shape index (κ3) is 4.80. The summed E-state index contributed by atoms with van der Waals surface area (Å²) in [6.07, 6.45) is 4.96. The maximum absolute atomic E-state index is 5.19. The van der Waals surface area contributed by atoms with E-state index < -0.39 is 0 Å². The lowest BCUT2D eigenvalue weighted by molar-refractivity contribution is 0.200. The summed E-state index contributed by atoms with van der Waals surface area (Å²) in [7, 11) is 1.71. The van der Waals surface area contributed by atoms with Gasteiger partial charge in [-0.1, -0.05) is 19.1 Å². The molecule has 3 nitrogen and oxygen atoms in total. The minimum absolute atomic E-state index is 0.743. The van der Waals surface area contributed by atoms with E-state index in [4.69, 9.17) is 4.74 Å². The zero-order valence-corrected chi connectivity index (χ0v) is 12.9. The lowest BCUT2D eigenvalue weighted by Crippen LogP contribution is -2.43. The maximum atomic E-state index is 5.19. The summed E-state index contributed by atoms with van der Waals surface area (Å²) < 4.78 is 5.19. The van der Waals surface area contributed by atoms with Crippen LogP contribution < -0.4 is 10.1 Å². The highest BCUT2D eigenvalue weighted by molar-refractivity contribution is 5.27. The molecule has 1 heterocycles. The molecule has 0 atom stereocenters. The average molecular weight is 276 g/mol. The standard InChI is InChI=1S/C17H28N2O/c1-3-11-18-16-9-13-19(14-10-16)12-8-15-4-6-17(20-2)7-5-15/h4-7,16,18H,3,8-14H2,1-2H3. The van der Waals surface area contributed by atoms with Gasteiger partial charge in [-0.2, -0.15) is 0 Å². The van der Waals surface area contributed by atoms with Crippen molar-refractivity contribution >= 4 is 0 Å². The van der Waals surface area contributed by atoms with Gasteiger partial charge in [-0.15, -0.1) is 0 Å². The molecule has 0 amide bonds. The molecular formula is C17H28N2O. The van der Waals surface area contributed by atoms with Crippen molar-refractivity contribution in [2.24, 2.45) is 0 Å². The Kier molecular flexibility index (Phi) is 6.34. The molecule has 1 aliphatic rings. The molecule has 0 bridgehead atoms. The molecule has 0 aromatic heterocycles. The van der Waals surface area contributed by atoms with Gasteiger partial charge >= 0.3 is 0 Å². The number of ether oxygens (including phenoxy) is 1. The summed E-state index contributed by atoms with van der Waals surface area (Å²) in [5.74, 6) is 0.941. The van der Waals surface area contributed by atoms with Gasteiger partial charge < -0.3 is 15.0 Å². The first kappa shape index (κ1) is 15.3. The molecule has 112 valence electrons. The SMILES string of the molecule is CCCNC1CCN(CCc2ccc(OC)cc2)CC1. The van der Waals surface area contributed by atoms with Crippen LogP contribution in [-0.2, 0) is 6.42 Å². The Morgan fingerprint density at radius 1 is 1.20 bits per heavy atom. The number of hydrogen-bond donors (Lipinski definition) is 1. The Labute approximate surface area is 123 Å². The van der Waals surface area contributed by atoms with Crippen LogP contribution in [0.5, 0.6) is 5.75 Å². The molecule has 20 heavy (non-hydrogen) atoms. The molecule has 1 fully saturated rings. The molecule has 2 rings (SSSR count). The number of nitrogens with zero attached hydrogens (tertiary/aromatic N) is 1. The van der Waals surface area contributed by atoms with E-state index in [1.807, 2.05) is 0 Å². The maximum Gasteiger partial charge on any atom is 0.118 e. The fourth-order valence-corrected chi connectivity index (χ4v) is 2.79. The zero-order chi connectivity index (χ0) is 14.2. The van der Waals surface area contributed by atoms with Gasteiger partial charge in [-0.05, 0) is 63.0 Å². The van der Waals surface area contributed by atoms with E-state index in [9.17, 15) is 0 Å². The predicted octanol–water partition coefficient (Wildman–Crippen LogP) is 2.70. The minimum atomic E-state index is 0.743. The van der Waals surface area contributed by atoms with E-state index in [2.05, 4.69) is 41.4 Å². The van der Waals surface area contributed by atoms with Crippen LogP contribution in [-0.4, -0.2) is 44.2 Å². The van der Waals surface area contributed by atoms with Crippen molar-refractivity contribution in [1.29, 1.82) is 0 Å². The van der Waals surface area contributed by atoms with Crippen LogP contribution >= 0.6 is 0 Å². The Morgan fingerprint density at radius 2 is 1.90 bits per heavy atom. The summed E-state index contributed by atoms with van der Waals surface area (Å²) in [5, 5.41) is 3.64. The van der Waals surface area contributed by atoms with Crippen molar-refractivity contribution in [3.05, 3.63) is 29.8 Å². The van der Waals surface area contributed by atoms with Crippen molar-refractivity contribution in [3.63, 3.8) is 0 Å². The highest BCUT2D eigenvalue weighted by Gasteiger charge is 2.17. The van der Waals surface area contributed by atoms with E-state index in [-0.39, 0.29) is 0 Å². The Morgan fingerprint density at radius 3 is 2.50 bits per heavy atom. The summed E-state index contributed by atoms with van der Waals surface area (Å²) >= 11 is 0. The number of piperidine rings is 1. The quantitative estimate of drug-likeness (QED) is 0.828. The number of likely N-dealkylation sites (tertiary alicyclic amines) is 1. The van der Waals surface area contributed by atoms with Gasteiger partial charge in [0.2, 0.25) is 0 Å². The molecule has 1 saturated heterocycles. The van der Waals surface area contributed by atoms with Crippen molar-refractivity contribution in [2.75, 3.05) is 33.3 Å². The van der Waals surface area contributed by atoms with Crippen molar-refractivity contribution < 1.29 is 4.74 Å². The van der Waals surface area contributed by atoms with Crippen LogP contribution in [0.25, 0.3) is 0 Å². The Hall–Kier alpha value is -1.06. The van der Waals surface area contributed by atoms with Crippen LogP contribution in [0.4, 0.5) is 0 Å². The first-order valence-electron chi connectivity index (χ1n) is 7.90. The van der Waals surface area contributed by atoms with Gasteiger partial charge in [0.1, 0.15) is 5.75 Å². The predicted molar refractivity (Wildman–Crippen MR) is 84.5 cm³/mol. The third-order valence-electron chi connectivity index (χ3n) is 4.15. The fourth-order valence-electron chi connectivity index (χ4n) is 2.79. The van der Waals surface area contributed by atoms with Crippen LogP contribution in [0.3, 0.4) is 0 Å². The molecule has 0 spiro atoms. The molecule has 0 unspecified atom stereocenters. The van der Waals surface area contributed by atoms with E-state index in [0.29, 0.717) is 0 Å². The molecule has 0 radical (unpaired) electrons. The number of rotatable bonds is 7. The van der Waals surface area contributed by atoms with Crippen LogP contribution in [0.15, 0.2) is 24.3 Å². The van der Waals surface area contributed by atoms with Crippen LogP contribution in [0.2, 0.25) is 0 Å². The molecule has 0 saturated carbocycles. The summed E-state index contributed by atoms with van der Waals surface area (Å²) in [6.45, 7) is 7.04. The topological polar surface area (TPSA) is 24.5 Å². The van der Waals surface area contributed by atoms with Crippen molar-refractivity contribution in [1.82, 2.24) is 10.2 Å². The minimum Gasteiger partial charge on any atom is -0.497 e. The van der Waals surface area contributed by atoms with Gasteiger partial charge in [0.15, 0.2) is 0 Å². The van der Waals surface area contributed by atoms with Gasteiger partial charge in [-0.3, -0.25) is 0 Å². The van der Waals surface area contributed by atoms with Gasteiger partial charge in [-0.25, -0.2) is 0 Å². The first-order valence-corrected chi connectivity index (χ1v) is 7.90. The second-order valence-electron chi connectivity index (χ2n) is 5.67. The second-order valence-corrected chi connectivity index (χ2v) is 5.67. The highest BCUT2D eigenvalue weighted by Crippen LogP contribution is 2.14. The van der Waals surface area contributed by atoms with Crippen molar-refractivity contribution in [2.45, 2.75) is 38.6 Å². The van der Waals surface area contributed by atoms with E-state index >= 15 is 0 Å². The van der Waals surface area contributed by atoms with Gasteiger partial charge in [0.05, 0.1) is 7.11 Å². The Balaban J connectivity index is 1.67. The first-order chi connectivity index (χ1) is 9.81. The summed E-state index contributed by atoms with van der Waals surface area (Å²) in [6, 6.07) is 9.20. The van der Waals surface area contributed by atoms with Crippen molar-refractivity contribution in [3.8, 4) is 5.75 Å². The van der Waals surface area contributed by atoms with Crippen LogP contribution in [0.1, 0.15) is 31.7 Å². The molecule has 1 aromatic carbocycles. The normalized spacial score (nSPS) is 17.3.